The zero-order valence-electron chi connectivity index (χ0n) is 12.2. The summed E-state index contributed by atoms with van der Waals surface area (Å²) >= 11 is 0. The van der Waals surface area contributed by atoms with Crippen molar-refractivity contribution in [1.82, 2.24) is 0 Å². The molecule has 4 nitrogen and oxygen atoms in total. The third-order valence-electron chi connectivity index (χ3n) is 3.94. The normalized spacial score (nSPS) is 12.3. The molecule has 1 atom stereocenters. The molecule has 0 aromatic heterocycles. The number of fused-ring (bicyclic) bond motifs is 1. The molecule has 2 N–H and O–H groups in total. The zero-order valence-corrected chi connectivity index (χ0v) is 12.2. The molecule has 4 heteroatoms. The Kier molecular flexibility index (Phi) is 3.61. The van der Waals surface area contributed by atoms with Gasteiger partial charge in [0, 0.05) is 12.1 Å². The van der Waals surface area contributed by atoms with Gasteiger partial charge in [-0.1, -0.05) is 42.5 Å². The molecule has 22 heavy (non-hydrogen) atoms. The van der Waals surface area contributed by atoms with Crippen molar-refractivity contribution in [2.45, 2.75) is 13.0 Å². The fourth-order valence-electron chi connectivity index (χ4n) is 2.66. The van der Waals surface area contributed by atoms with Crippen LogP contribution in [0, 0.1) is 17.0 Å². The zero-order chi connectivity index (χ0) is 15.7. The SMILES string of the molecule is Cc1ccc([N+](=O)[O-])cc1C(N)c1ccc2ccccc2c1. The molecule has 3 rings (SSSR count). The molecule has 110 valence electrons. The summed E-state index contributed by atoms with van der Waals surface area (Å²) in [7, 11) is 0. The topological polar surface area (TPSA) is 69.2 Å². The van der Waals surface area contributed by atoms with E-state index in [0.717, 1.165) is 27.5 Å². The number of non-ortho nitro benzene ring substituents is 1. The lowest BCUT2D eigenvalue weighted by Crippen LogP contribution is -2.13. The van der Waals surface area contributed by atoms with Crippen LogP contribution in [0.25, 0.3) is 10.8 Å². The van der Waals surface area contributed by atoms with Crippen LogP contribution in [0.2, 0.25) is 0 Å². The maximum absolute atomic E-state index is 11.0. The van der Waals surface area contributed by atoms with Gasteiger partial charge in [-0.25, -0.2) is 0 Å². The third-order valence-corrected chi connectivity index (χ3v) is 3.94. The highest BCUT2D eigenvalue weighted by molar-refractivity contribution is 5.83. The minimum atomic E-state index is -0.393. The van der Waals surface area contributed by atoms with Gasteiger partial charge in [-0.2, -0.15) is 0 Å². The summed E-state index contributed by atoms with van der Waals surface area (Å²) in [5, 5.41) is 13.2. The third kappa shape index (κ3) is 2.56. The molecule has 3 aromatic rings. The molecule has 0 amide bonds. The second-order valence-electron chi connectivity index (χ2n) is 5.38. The van der Waals surface area contributed by atoms with Gasteiger partial charge in [0.15, 0.2) is 0 Å². The maximum atomic E-state index is 11.0. The Balaban J connectivity index is 2.06. The fraction of sp³-hybridized carbons (Fsp3) is 0.111. The molecule has 0 fully saturated rings. The van der Waals surface area contributed by atoms with Crippen LogP contribution in [-0.4, -0.2) is 4.92 Å². The number of nitrogens with two attached hydrogens (primary N) is 1. The van der Waals surface area contributed by atoms with Gasteiger partial charge < -0.3 is 5.73 Å². The van der Waals surface area contributed by atoms with E-state index in [2.05, 4.69) is 0 Å². The Morgan fingerprint density at radius 1 is 1.00 bits per heavy atom. The van der Waals surface area contributed by atoms with Gasteiger partial charge in [0.25, 0.3) is 5.69 Å². The molecule has 0 saturated heterocycles. The summed E-state index contributed by atoms with van der Waals surface area (Å²) in [4.78, 5) is 10.6. The first-order valence-electron chi connectivity index (χ1n) is 7.05. The number of rotatable bonds is 3. The van der Waals surface area contributed by atoms with Crippen LogP contribution < -0.4 is 5.73 Å². The van der Waals surface area contributed by atoms with Crippen LogP contribution in [0.5, 0.6) is 0 Å². The van der Waals surface area contributed by atoms with Crippen molar-refractivity contribution >= 4 is 16.5 Å². The highest BCUT2D eigenvalue weighted by atomic mass is 16.6. The van der Waals surface area contributed by atoms with Crippen molar-refractivity contribution in [3.63, 3.8) is 0 Å². The number of benzene rings is 3. The molecule has 0 aliphatic rings. The molecule has 0 bridgehead atoms. The lowest BCUT2D eigenvalue weighted by atomic mass is 9.94. The van der Waals surface area contributed by atoms with Crippen molar-refractivity contribution in [1.29, 1.82) is 0 Å². The highest BCUT2D eigenvalue weighted by Gasteiger charge is 2.16. The summed E-state index contributed by atoms with van der Waals surface area (Å²) in [5.74, 6) is 0. The second kappa shape index (κ2) is 5.58. The van der Waals surface area contributed by atoms with Gasteiger partial charge in [0.2, 0.25) is 0 Å². The van der Waals surface area contributed by atoms with E-state index in [9.17, 15) is 10.1 Å². The lowest BCUT2D eigenvalue weighted by Gasteiger charge is -2.16. The second-order valence-corrected chi connectivity index (χ2v) is 5.38. The first kappa shape index (κ1) is 14.2. The standard InChI is InChI=1S/C18H16N2O2/c1-12-6-9-16(20(21)22)11-17(12)18(19)15-8-7-13-4-2-3-5-14(13)10-15/h2-11,18H,19H2,1H3. The Hall–Kier alpha value is -2.72. The number of aryl methyl sites for hydroxylation is 1. The Morgan fingerprint density at radius 3 is 2.45 bits per heavy atom. The summed E-state index contributed by atoms with van der Waals surface area (Å²) in [6, 6.07) is 18.5. The average molecular weight is 292 g/mol. The van der Waals surface area contributed by atoms with E-state index < -0.39 is 4.92 Å². The van der Waals surface area contributed by atoms with Crippen LogP contribution in [-0.2, 0) is 0 Å². The van der Waals surface area contributed by atoms with Crippen LogP contribution >= 0.6 is 0 Å². The predicted octanol–water partition coefficient (Wildman–Crippen LogP) is 4.10. The van der Waals surface area contributed by atoms with E-state index in [1.807, 2.05) is 49.4 Å². The van der Waals surface area contributed by atoms with E-state index in [1.165, 1.54) is 6.07 Å². The smallest absolute Gasteiger partial charge is 0.269 e. The molecule has 0 aliphatic carbocycles. The largest absolute Gasteiger partial charge is 0.320 e. The predicted molar refractivity (Wildman–Crippen MR) is 87.8 cm³/mol. The summed E-state index contributed by atoms with van der Waals surface area (Å²) in [6.45, 7) is 1.92. The van der Waals surface area contributed by atoms with Crippen molar-refractivity contribution in [2.24, 2.45) is 5.73 Å². The quantitative estimate of drug-likeness (QED) is 0.583. The maximum Gasteiger partial charge on any atom is 0.269 e. The lowest BCUT2D eigenvalue weighted by molar-refractivity contribution is -0.384. The van der Waals surface area contributed by atoms with Gasteiger partial charge in [-0.15, -0.1) is 0 Å². The summed E-state index contributed by atoms with van der Waals surface area (Å²) < 4.78 is 0. The van der Waals surface area contributed by atoms with Crippen molar-refractivity contribution in [2.75, 3.05) is 0 Å². The first-order valence-corrected chi connectivity index (χ1v) is 7.05. The Bertz CT molecular complexity index is 859. The van der Waals surface area contributed by atoms with Crippen molar-refractivity contribution in [3.05, 3.63) is 87.5 Å². The Morgan fingerprint density at radius 2 is 1.73 bits per heavy atom. The molecule has 0 heterocycles. The van der Waals surface area contributed by atoms with Crippen LogP contribution in [0.15, 0.2) is 60.7 Å². The number of nitrogens with zero attached hydrogens (tertiary/aromatic N) is 1. The average Bonchev–Trinajstić information content (AvgIpc) is 2.54. The van der Waals surface area contributed by atoms with Gasteiger partial charge >= 0.3 is 0 Å². The van der Waals surface area contributed by atoms with Crippen molar-refractivity contribution < 1.29 is 4.92 Å². The van der Waals surface area contributed by atoms with E-state index in [0.29, 0.717) is 0 Å². The van der Waals surface area contributed by atoms with E-state index >= 15 is 0 Å². The number of hydrogen-bond donors (Lipinski definition) is 1. The van der Waals surface area contributed by atoms with E-state index in [1.54, 1.807) is 12.1 Å². The van der Waals surface area contributed by atoms with Gasteiger partial charge in [0.1, 0.15) is 0 Å². The van der Waals surface area contributed by atoms with Crippen LogP contribution in [0.3, 0.4) is 0 Å². The number of hydrogen-bond acceptors (Lipinski definition) is 3. The first-order chi connectivity index (χ1) is 10.6. The molecular formula is C18H16N2O2. The van der Waals surface area contributed by atoms with Gasteiger partial charge in [-0.05, 0) is 40.5 Å². The summed E-state index contributed by atoms with van der Waals surface area (Å²) in [5.41, 5.74) is 9.10. The molecular weight excluding hydrogens is 276 g/mol. The van der Waals surface area contributed by atoms with Crippen LogP contribution in [0.1, 0.15) is 22.7 Å². The monoisotopic (exact) mass is 292 g/mol. The van der Waals surface area contributed by atoms with Gasteiger partial charge in [0.05, 0.1) is 11.0 Å². The summed E-state index contributed by atoms with van der Waals surface area (Å²) in [6.07, 6.45) is 0. The van der Waals surface area contributed by atoms with E-state index in [4.69, 9.17) is 5.73 Å². The van der Waals surface area contributed by atoms with E-state index in [-0.39, 0.29) is 11.7 Å². The molecule has 1 unspecified atom stereocenters. The number of nitro groups is 1. The molecule has 0 aliphatic heterocycles. The number of nitro benzene ring substituents is 1. The molecule has 3 aromatic carbocycles. The van der Waals surface area contributed by atoms with Gasteiger partial charge in [-0.3, -0.25) is 10.1 Å². The molecule has 0 spiro atoms. The Labute approximate surface area is 128 Å². The van der Waals surface area contributed by atoms with Crippen molar-refractivity contribution in [3.8, 4) is 0 Å². The molecule has 0 radical (unpaired) electrons. The highest BCUT2D eigenvalue weighted by Crippen LogP contribution is 2.28. The fourth-order valence-corrected chi connectivity index (χ4v) is 2.66. The minimum absolute atomic E-state index is 0.0665. The molecule has 0 saturated carbocycles. The van der Waals surface area contributed by atoms with Crippen LogP contribution in [0.4, 0.5) is 5.69 Å². The minimum Gasteiger partial charge on any atom is -0.320 e.